The standard InChI is InChI=1S/C17H24N4O3S/c1-11(16(23)20-17(2,3)4)18-13(22)8-5-9-14-19-15(21-24-14)12-7-6-10-25-12/h6-7,10-11H,5,8-9H2,1-4H3,(H,18,22)(H,20,23). The first kappa shape index (κ1) is 19.1. The minimum atomic E-state index is -0.569. The van der Waals surface area contributed by atoms with Crippen molar-refractivity contribution in [1.82, 2.24) is 20.8 Å². The van der Waals surface area contributed by atoms with Gasteiger partial charge in [0.05, 0.1) is 4.88 Å². The van der Waals surface area contributed by atoms with Gasteiger partial charge in [-0.2, -0.15) is 4.98 Å². The SMILES string of the molecule is CC(NC(=O)CCCc1nc(-c2cccs2)no1)C(=O)NC(C)(C)C. The molecular formula is C17H24N4O3S. The van der Waals surface area contributed by atoms with Gasteiger partial charge in [0.25, 0.3) is 0 Å². The number of hydrogen-bond donors (Lipinski definition) is 2. The van der Waals surface area contributed by atoms with Gasteiger partial charge in [-0.1, -0.05) is 11.2 Å². The maximum absolute atomic E-state index is 11.9. The van der Waals surface area contributed by atoms with E-state index in [1.165, 1.54) is 0 Å². The normalized spacial score (nSPS) is 12.6. The van der Waals surface area contributed by atoms with Crippen molar-refractivity contribution in [2.75, 3.05) is 0 Å². The largest absolute Gasteiger partial charge is 0.350 e. The minimum Gasteiger partial charge on any atom is -0.350 e. The summed E-state index contributed by atoms with van der Waals surface area (Å²) in [4.78, 5) is 29.2. The van der Waals surface area contributed by atoms with Crippen LogP contribution in [-0.2, 0) is 16.0 Å². The number of amides is 2. The lowest BCUT2D eigenvalue weighted by atomic mass is 10.1. The second kappa shape index (κ2) is 8.24. The summed E-state index contributed by atoms with van der Waals surface area (Å²) in [7, 11) is 0. The molecule has 2 aromatic heterocycles. The zero-order valence-corrected chi connectivity index (χ0v) is 15.8. The van der Waals surface area contributed by atoms with Crippen molar-refractivity contribution in [2.24, 2.45) is 0 Å². The van der Waals surface area contributed by atoms with Gasteiger partial charge >= 0.3 is 0 Å². The van der Waals surface area contributed by atoms with E-state index in [0.717, 1.165) is 4.88 Å². The smallest absolute Gasteiger partial charge is 0.242 e. The van der Waals surface area contributed by atoms with Crippen LogP contribution in [0.3, 0.4) is 0 Å². The number of nitrogens with one attached hydrogen (secondary N) is 2. The molecule has 2 heterocycles. The molecule has 0 bridgehead atoms. The molecule has 0 spiro atoms. The molecule has 0 fully saturated rings. The van der Waals surface area contributed by atoms with E-state index in [1.54, 1.807) is 18.3 Å². The predicted molar refractivity (Wildman–Crippen MR) is 96.0 cm³/mol. The van der Waals surface area contributed by atoms with Crippen LogP contribution in [0.15, 0.2) is 22.0 Å². The minimum absolute atomic E-state index is 0.172. The number of carbonyl (C=O) groups excluding carboxylic acids is 2. The average Bonchev–Trinajstić information content (AvgIpc) is 3.16. The Hall–Kier alpha value is -2.22. The zero-order chi connectivity index (χ0) is 18.4. The summed E-state index contributed by atoms with van der Waals surface area (Å²) in [5, 5.41) is 11.4. The molecule has 2 aromatic rings. The highest BCUT2D eigenvalue weighted by Gasteiger charge is 2.20. The third-order valence-electron chi connectivity index (χ3n) is 3.27. The van der Waals surface area contributed by atoms with Gasteiger partial charge in [-0.05, 0) is 45.6 Å². The number of nitrogens with zero attached hydrogens (tertiary/aromatic N) is 2. The average molecular weight is 364 g/mol. The van der Waals surface area contributed by atoms with E-state index in [9.17, 15) is 9.59 Å². The molecule has 0 saturated heterocycles. The molecule has 8 heteroatoms. The molecule has 2 N–H and O–H groups in total. The van der Waals surface area contributed by atoms with Gasteiger partial charge in [0.2, 0.25) is 23.5 Å². The van der Waals surface area contributed by atoms with Crippen molar-refractivity contribution in [2.45, 2.75) is 58.5 Å². The highest BCUT2D eigenvalue weighted by molar-refractivity contribution is 7.13. The van der Waals surface area contributed by atoms with Gasteiger partial charge in [-0.25, -0.2) is 0 Å². The maximum atomic E-state index is 11.9. The van der Waals surface area contributed by atoms with Crippen LogP contribution in [0, 0.1) is 0 Å². The van der Waals surface area contributed by atoms with E-state index in [4.69, 9.17) is 4.52 Å². The monoisotopic (exact) mass is 364 g/mol. The van der Waals surface area contributed by atoms with Gasteiger partial charge < -0.3 is 15.2 Å². The second-order valence-electron chi connectivity index (χ2n) is 6.87. The van der Waals surface area contributed by atoms with Crippen LogP contribution >= 0.6 is 11.3 Å². The Bertz CT molecular complexity index is 704. The number of carbonyl (C=O) groups is 2. The van der Waals surface area contributed by atoms with Crippen LogP contribution in [0.4, 0.5) is 0 Å². The quantitative estimate of drug-likeness (QED) is 0.787. The van der Waals surface area contributed by atoms with Crippen LogP contribution in [0.25, 0.3) is 10.7 Å². The Morgan fingerprint density at radius 2 is 2.12 bits per heavy atom. The van der Waals surface area contributed by atoms with E-state index in [1.807, 2.05) is 38.3 Å². The molecule has 0 aliphatic rings. The van der Waals surface area contributed by atoms with E-state index in [-0.39, 0.29) is 17.4 Å². The topological polar surface area (TPSA) is 97.1 Å². The highest BCUT2D eigenvalue weighted by Crippen LogP contribution is 2.21. The van der Waals surface area contributed by atoms with Crippen LogP contribution in [0.1, 0.15) is 46.4 Å². The summed E-state index contributed by atoms with van der Waals surface area (Å²) in [5.41, 5.74) is -0.325. The number of hydrogen-bond acceptors (Lipinski definition) is 6. The highest BCUT2D eigenvalue weighted by atomic mass is 32.1. The lowest BCUT2D eigenvalue weighted by Gasteiger charge is -2.23. The summed E-state index contributed by atoms with van der Waals surface area (Å²) in [5.74, 6) is 0.713. The fourth-order valence-electron chi connectivity index (χ4n) is 2.12. The summed E-state index contributed by atoms with van der Waals surface area (Å²) >= 11 is 1.54. The summed E-state index contributed by atoms with van der Waals surface area (Å²) in [6, 6.07) is 3.29. The van der Waals surface area contributed by atoms with Crippen molar-refractivity contribution in [3.63, 3.8) is 0 Å². The zero-order valence-electron chi connectivity index (χ0n) is 15.0. The first-order chi connectivity index (χ1) is 11.7. The number of aryl methyl sites for hydroxylation is 1. The molecule has 1 atom stereocenters. The van der Waals surface area contributed by atoms with Crippen molar-refractivity contribution in [3.05, 3.63) is 23.4 Å². The molecule has 0 aromatic carbocycles. The predicted octanol–water partition coefficient (Wildman–Crippen LogP) is 2.54. The van der Waals surface area contributed by atoms with Crippen molar-refractivity contribution < 1.29 is 14.1 Å². The molecular weight excluding hydrogens is 340 g/mol. The van der Waals surface area contributed by atoms with Crippen LogP contribution in [0.2, 0.25) is 0 Å². The van der Waals surface area contributed by atoms with Crippen molar-refractivity contribution in [1.29, 1.82) is 0 Å². The van der Waals surface area contributed by atoms with Crippen molar-refractivity contribution in [3.8, 4) is 10.7 Å². The molecule has 1 unspecified atom stereocenters. The summed E-state index contributed by atoms with van der Waals surface area (Å²) < 4.78 is 5.19. The van der Waals surface area contributed by atoms with Gasteiger partial charge in [0.1, 0.15) is 6.04 Å². The van der Waals surface area contributed by atoms with Gasteiger partial charge in [-0.3, -0.25) is 9.59 Å². The maximum Gasteiger partial charge on any atom is 0.242 e. The fourth-order valence-corrected chi connectivity index (χ4v) is 2.77. The van der Waals surface area contributed by atoms with Crippen LogP contribution in [-0.4, -0.2) is 33.5 Å². The first-order valence-electron chi connectivity index (χ1n) is 8.22. The van der Waals surface area contributed by atoms with Crippen molar-refractivity contribution >= 4 is 23.2 Å². The molecule has 0 aliphatic carbocycles. The lowest BCUT2D eigenvalue weighted by Crippen LogP contribution is -2.50. The van der Waals surface area contributed by atoms with E-state index in [0.29, 0.717) is 31.0 Å². The summed E-state index contributed by atoms with van der Waals surface area (Å²) in [6.07, 6.45) is 1.39. The fraction of sp³-hybridized carbons (Fsp3) is 0.529. The third-order valence-corrected chi connectivity index (χ3v) is 4.14. The molecule has 0 radical (unpaired) electrons. The molecule has 7 nitrogen and oxygen atoms in total. The Morgan fingerprint density at radius 1 is 1.36 bits per heavy atom. The van der Waals surface area contributed by atoms with E-state index < -0.39 is 6.04 Å². The molecule has 2 amide bonds. The number of rotatable bonds is 7. The summed E-state index contributed by atoms with van der Waals surface area (Å²) in [6.45, 7) is 7.36. The van der Waals surface area contributed by atoms with Crippen LogP contribution in [0.5, 0.6) is 0 Å². The third kappa shape index (κ3) is 6.30. The first-order valence-corrected chi connectivity index (χ1v) is 9.10. The Morgan fingerprint density at radius 3 is 2.76 bits per heavy atom. The van der Waals surface area contributed by atoms with E-state index in [2.05, 4.69) is 20.8 Å². The Balaban J connectivity index is 1.72. The van der Waals surface area contributed by atoms with Gasteiger partial charge in [0.15, 0.2) is 0 Å². The van der Waals surface area contributed by atoms with Crippen LogP contribution < -0.4 is 10.6 Å². The molecule has 2 rings (SSSR count). The lowest BCUT2D eigenvalue weighted by molar-refractivity contribution is -0.129. The Kier molecular flexibility index (Phi) is 6.30. The molecule has 136 valence electrons. The number of aromatic nitrogens is 2. The second-order valence-corrected chi connectivity index (χ2v) is 7.82. The number of thiophene rings is 1. The molecule has 0 saturated carbocycles. The van der Waals surface area contributed by atoms with Gasteiger partial charge in [-0.15, -0.1) is 11.3 Å². The Labute approximate surface area is 151 Å². The van der Waals surface area contributed by atoms with E-state index >= 15 is 0 Å². The molecule has 25 heavy (non-hydrogen) atoms. The molecule has 0 aliphatic heterocycles. The van der Waals surface area contributed by atoms with Gasteiger partial charge in [0, 0.05) is 18.4 Å².